The molecule has 2 aliphatic rings. The molecule has 0 heteroatoms. The van der Waals surface area contributed by atoms with Crippen molar-refractivity contribution in [3.63, 3.8) is 0 Å². The van der Waals surface area contributed by atoms with Crippen molar-refractivity contribution in [1.82, 2.24) is 0 Å². The molecule has 0 aromatic rings. The third-order valence-corrected chi connectivity index (χ3v) is 3.98. The highest BCUT2D eigenvalue weighted by Gasteiger charge is 2.29. The first kappa shape index (κ1) is 11.4. The first-order valence-electron chi connectivity index (χ1n) is 6.56. The second-order valence-electron chi connectivity index (χ2n) is 4.84. The van der Waals surface area contributed by atoms with Gasteiger partial charge in [0.2, 0.25) is 0 Å². The molecule has 2 rings (SSSR count). The molecule has 2 aliphatic carbocycles. The topological polar surface area (TPSA) is 0 Å². The molecule has 0 fully saturated rings. The van der Waals surface area contributed by atoms with Gasteiger partial charge in [0, 0.05) is 0 Å². The molecule has 0 saturated carbocycles. The zero-order valence-electron chi connectivity index (χ0n) is 10.3. The van der Waals surface area contributed by atoms with Gasteiger partial charge in [-0.15, -0.1) is 0 Å². The maximum atomic E-state index is 2.41. The summed E-state index contributed by atoms with van der Waals surface area (Å²) >= 11 is 0. The number of hydrogen-bond donors (Lipinski definition) is 0. The third kappa shape index (κ3) is 2.21. The fourth-order valence-electron chi connectivity index (χ4n) is 2.98. The van der Waals surface area contributed by atoms with E-state index in [0.717, 1.165) is 11.8 Å². The summed E-state index contributed by atoms with van der Waals surface area (Å²) in [7, 11) is 0. The molecule has 16 heavy (non-hydrogen) atoms. The minimum atomic E-state index is 0.696. The molecule has 0 radical (unpaired) electrons. The average molecular weight is 214 g/mol. The monoisotopic (exact) mass is 214 g/mol. The molecule has 0 aliphatic heterocycles. The van der Waals surface area contributed by atoms with Crippen LogP contribution >= 0.6 is 0 Å². The second kappa shape index (κ2) is 5.34. The van der Waals surface area contributed by atoms with Crippen LogP contribution in [0.3, 0.4) is 0 Å². The Bertz CT molecular complexity index is 296. The minimum absolute atomic E-state index is 0.696. The van der Waals surface area contributed by atoms with Crippen molar-refractivity contribution in [3.8, 4) is 0 Å². The Morgan fingerprint density at radius 1 is 0.625 bits per heavy atom. The van der Waals surface area contributed by atoms with Crippen LogP contribution in [0.1, 0.15) is 26.7 Å². The smallest absolute Gasteiger partial charge is 0.00987 e. The summed E-state index contributed by atoms with van der Waals surface area (Å²) in [5.74, 6) is 2.84. The van der Waals surface area contributed by atoms with Gasteiger partial charge in [-0.2, -0.15) is 0 Å². The van der Waals surface area contributed by atoms with E-state index in [0.29, 0.717) is 11.8 Å². The van der Waals surface area contributed by atoms with Crippen LogP contribution in [0.5, 0.6) is 0 Å². The molecule has 0 aromatic carbocycles. The van der Waals surface area contributed by atoms with Gasteiger partial charge >= 0.3 is 0 Å². The van der Waals surface area contributed by atoms with Crippen molar-refractivity contribution in [1.29, 1.82) is 0 Å². The van der Waals surface area contributed by atoms with Gasteiger partial charge < -0.3 is 0 Å². The van der Waals surface area contributed by atoms with Crippen molar-refractivity contribution in [2.75, 3.05) is 0 Å². The number of hydrogen-bond acceptors (Lipinski definition) is 0. The van der Waals surface area contributed by atoms with E-state index in [1.165, 1.54) is 12.8 Å². The van der Waals surface area contributed by atoms with Gasteiger partial charge in [0.25, 0.3) is 0 Å². The zero-order valence-corrected chi connectivity index (χ0v) is 10.3. The van der Waals surface area contributed by atoms with E-state index >= 15 is 0 Å². The molecule has 0 N–H and O–H groups in total. The molecule has 0 heterocycles. The fraction of sp³-hybridized carbons (Fsp3) is 0.500. The van der Waals surface area contributed by atoms with Crippen molar-refractivity contribution < 1.29 is 0 Å². The van der Waals surface area contributed by atoms with E-state index in [9.17, 15) is 0 Å². The molecule has 0 spiro atoms. The lowest BCUT2D eigenvalue weighted by atomic mass is 9.70. The molecule has 0 aromatic heterocycles. The van der Waals surface area contributed by atoms with Gasteiger partial charge in [-0.25, -0.2) is 0 Å². The fourth-order valence-corrected chi connectivity index (χ4v) is 2.98. The minimum Gasteiger partial charge on any atom is -0.0808 e. The van der Waals surface area contributed by atoms with Crippen molar-refractivity contribution >= 4 is 0 Å². The highest BCUT2D eigenvalue weighted by Crippen LogP contribution is 2.37. The predicted octanol–water partition coefficient (Wildman–Crippen LogP) is 4.52. The summed E-state index contributed by atoms with van der Waals surface area (Å²) in [6, 6.07) is 0. The molecular formula is C16H22. The Hall–Kier alpha value is -1.04. The molecule has 0 saturated heterocycles. The average Bonchev–Trinajstić information content (AvgIpc) is 2.38. The molecule has 86 valence electrons. The summed E-state index contributed by atoms with van der Waals surface area (Å²) in [6.07, 6.45) is 20.9. The van der Waals surface area contributed by atoms with Gasteiger partial charge in [-0.1, -0.05) is 62.5 Å². The lowest BCUT2D eigenvalue weighted by molar-refractivity contribution is 0.293. The van der Waals surface area contributed by atoms with Gasteiger partial charge in [0.15, 0.2) is 0 Å². The maximum Gasteiger partial charge on any atom is -0.00987 e. The maximum absolute atomic E-state index is 2.41. The lowest BCUT2D eigenvalue weighted by Gasteiger charge is -2.34. The van der Waals surface area contributed by atoms with E-state index in [2.05, 4.69) is 62.5 Å². The van der Waals surface area contributed by atoms with Crippen molar-refractivity contribution in [2.24, 2.45) is 23.7 Å². The molecule has 0 bridgehead atoms. The van der Waals surface area contributed by atoms with Crippen LogP contribution in [-0.2, 0) is 0 Å². The van der Waals surface area contributed by atoms with E-state index in [-0.39, 0.29) is 0 Å². The highest BCUT2D eigenvalue weighted by atomic mass is 14.3. The van der Waals surface area contributed by atoms with Crippen LogP contribution in [0.15, 0.2) is 48.6 Å². The van der Waals surface area contributed by atoms with E-state index < -0.39 is 0 Å². The molecule has 4 atom stereocenters. The van der Waals surface area contributed by atoms with Crippen LogP contribution in [0.2, 0.25) is 0 Å². The summed E-state index contributed by atoms with van der Waals surface area (Å²) in [5.41, 5.74) is 0. The first-order chi connectivity index (χ1) is 7.86. The summed E-state index contributed by atoms with van der Waals surface area (Å²) in [5, 5.41) is 0. The SMILES string of the molecule is CCC1C=CC=CC1C1C=CC=CC1CC. The molecule has 0 amide bonds. The predicted molar refractivity (Wildman–Crippen MR) is 71.1 cm³/mol. The second-order valence-corrected chi connectivity index (χ2v) is 4.84. The van der Waals surface area contributed by atoms with E-state index in [4.69, 9.17) is 0 Å². The summed E-state index contributed by atoms with van der Waals surface area (Å²) in [6.45, 7) is 4.59. The van der Waals surface area contributed by atoms with E-state index in [1.54, 1.807) is 0 Å². The third-order valence-electron chi connectivity index (χ3n) is 3.98. The zero-order chi connectivity index (χ0) is 11.4. The van der Waals surface area contributed by atoms with Crippen molar-refractivity contribution in [3.05, 3.63) is 48.6 Å². The Morgan fingerprint density at radius 3 is 1.38 bits per heavy atom. The van der Waals surface area contributed by atoms with Crippen LogP contribution < -0.4 is 0 Å². The summed E-state index contributed by atoms with van der Waals surface area (Å²) < 4.78 is 0. The van der Waals surface area contributed by atoms with Crippen LogP contribution in [0.25, 0.3) is 0 Å². The van der Waals surface area contributed by atoms with Gasteiger partial charge in [0.1, 0.15) is 0 Å². The standard InChI is InChI=1S/C16H22/c1-3-13-9-5-7-11-15(13)16-12-8-6-10-14(16)4-2/h5-16H,3-4H2,1-2H3. The van der Waals surface area contributed by atoms with Crippen LogP contribution in [0.4, 0.5) is 0 Å². The lowest BCUT2D eigenvalue weighted by Crippen LogP contribution is -2.26. The molecule has 0 nitrogen and oxygen atoms in total. The highest BCUT2D eigenvalue weighted by molar-refractivity contribution is 5.22. The number of rotatable bonds is 3. The Morgan fingerprint density at radius 2 is 1.00 bits per heavy atom. The molecule has 4 unspecified atom stereocenters. The quantitative estimate of drug-likeness (QED) is 0.648. The number of allylic oxidation sites excluding steroid dienone is 8. The van der Waals surface area contributed by atoms with Crippen molar-refractivity contribution in [2.45, 2.75) is 26.7 Å². The first-order valence-corrected chi connectivity index (χ1v) is 6.56. The van der Waals surface area contributed by atoms with Gasteiger partial charge in [0.05, 0.1) is 0 Å². The summed E-state index contributed by atoms with van der Waals surface area (Å²) in [4.78, 5) is 0. The van der Waals surface area contributed by atoms with Gasteiger partial charge in [-0.05, 0) is 36.5 Å². The largest absolute Gasteiger partial charge is 0.0808 e. The normalized spacial score (nSPS) is 36.9. The Balaban J connectivity index is 2.16. The van der Waals surface area contributed by atoms with E-state index in [1.807, 2.05) is 0 Å². The Kier molecular flexibility index (Phi) is 3.82. The van der Waals surface area contributed by atoms with Crippen LogP contribution in [-0.4, -0.2) is 0 Å². The molecular weight excluding hydrogens is 192 g/mol. The van der Waals surface area contributed by atoms with Crippen LogP contribution in [0, 0.1) is 23.7 Å². The van der Waals surface area contributed by atoms with Gasteiger partial charge in [-0.3, -0.25) is 0 Å². The Labute approximate surface area is 99.4 Å².